The Labute approximate surface area is 144 Å². The van der Waals surface area contributed by atoms with E-state index in [4.69, 9.17) is 11.7 Å². The van der Waals surface area contributed by atoms with Crippen molar-refractivity contribution in [1.29, 1.82) is 0 Å². The zero-order chi connectivity index (χ0) is 16.8. The Morgan fingerprint density at radius 1 is 1.22 bits per heavy atom. The summed E-state index contributed by atoms with van der Waals surface area (Å²) in [6.45, 7) is 2.11. The average molecular weight is 375 g/mol. The summed E-state index contributed by atoms with van der Waals surface area (Å²) in [4.78, 5) is 11.7. The molecule has 0 fully saturated rings. The van der Waals surface area contributed by atoms with Crippen LogP contribution in [0.25, 0.3) is 12.2 Å². The summed E-state index contributed by atoms with van der Waals surface area (Å²) < 4.78 is 0.834. The van der Waals surface area contributed by atoms with E-state index in [1.165, 1.54) is 5.56 Å². The van der Waals surface area contributed by atoms with Crippen molar-refractivity contribution >= 4 is 39.8 Å². The third-order valence-corrected chi connectivity index (χ3v) is 4.19. The number of hydrogen-bond acceptors (Lipinski definition) is 3. The van der Waals surface area contributed by atoms with Gasteiger partial charge in [0.05, 0.1) is 5.69 Å². The van der Waals surface area contributed by atoms with Gasteiger partial charge in [-0.05, 0) is 29.7 Å². The van der Waals surface area contributed by atoms with Gasteiger partial charge >= 0.3 is 6.03 Å². The molecule has 5 nitrogen and oxygen atoms in total. The van der Waals surface area contributed by atoms with E-state index in [0.717, 1.165) is 27.0 Å². The lowest BCUT2D eigenvalue weighted by Gasteiger charge is -2.19. The number of benzene rings is 2. The van der Waals surface area contributed by atoms with Crippen LogP contribution in [-0.2, 0) is 6.42 Å². The number of halogens is 1. The third kappa shape index (κ3) is 3.98. The summed E-state index contributed by atoms with van der Waals surface area (Å²) in [5.74, 6) is 11.0. The number of carbonyl (C=O) groups excluding carboxylic acids is 1. The van der Waals surface area contributed by atoms with E-state index in [-0.39, 0.29) is 0 Å². The minimum absolute atomic E-state index is 0.549. The number of nitrogens with one attached hydrogen (secondary N) is 1. The number of nitrogens with two attached hydrogens (primary N) is 2. The Morgan fingerprint density at radius 2 is 1.96 bits per heavy atom. The summed E-state index contributed by atoms with van der Waals surface area (Å²) in [6, 6.07) is 13.0. The molecule has 2 rings (SSSR count). The van der Waals surface area contributed by atoms with Gasteiger partial charge in [-0.1, -0.05) is 65.3 Å². The summed E-state index contributed by atoms with van der Waals surface area (Å²) in [6.07, 6.45) is 4.89. The Hall–Kier alpha value is -2.15. The van der Waals surface area contributed by atoms with Gasteiger partial charge in [0.15, 0.2) is 0 Å². The van der Waals surface area contributed by atoms with Crippen LogP contribution in [0.15, 0.2) is 46.9 Å². The maximum atomic E-state index is 11.7. The lowest BCUT2D eigenvalue weighted by Crippen LogP contribution is -2.47. The molecule has 0 heterocycles. The lowest BCUT2D eigenvalue weighted by atomic mass is 10.0. The third-order valence-electron chi connectivity index (χ3n) is 3.50. The van der Waals surface area contributed by atoms with Gasteiger partial charge in [-0.3, -0.25) is 5.43 Å². The first kappa shape index (κ1) is 17.2. The van der Waals surface area contributed by atoms with Crippen LogP contribution in [0, 0.1) is 0 Å². The van der Waals surface area contributed by atoms with Gasteiger partial charge in [-0.25, -0.2) is 21.5 Å². The summed E-state index contributed by atoms with van der Waals surface area (Å²) in [5.41, 5.74) is 5.75. The lowest BCUT2D eigenvalue weighted by molar-refractivity contribution is 0.246. The number of aryl methyl sites for hydroxylation is 1. The number of nitrogens with zero attached hydrogens (tertiary/aromatic N) is 1. The second kappa shape index (κ2) is 7.92. The quantitative estimate of drug-likeness (QED) is 0.331. The van der Waals surface area contributed by atoms with Crippen LogP contribution in [0.4, 0.5) is 10.5 Å². The molecule has 5 N–H and O–H groups in total. The predicted molar refractivity (Wildman–Crippen MR) is 98.3 cm³/mol. The zero-order valence-corrected chi connectivity index (χ0v) is 14.4. The molecule has 0 aromatic heterocycles. The molecule has 0 saturated heterocycles. The molecule has 0 atom stereocenters. The van der Waals surface area contributed by atoms with Gasteiger partial charge in [0.1, 0.15) is 0 Å². The standard InChI is InChI=1S/C17H19BrN4O/c1-2-12-6-3-4-7-13(12)10-11-14-15(18)8-5-9-16(14)22(20)17(23)21-19/h3-11H,2,19-20H2,1H3,(H,21,23)/b11-10+. The van der Waals surface area contributed by atoms with Crippen molar-refractivity contribution in [2.45, 2.75) is 13.3 Å². The van der Waals surface area contributed by atoms with Gasteiger partial charge in [0.2, 0.25) is 0 Å². The highest BCUT2D eigenvalue weighted by molar-refractivity contribution is 9.10. The van der Waals surface area contributed by atoms with Crippen molar-refractivity contribution in [1.82, 2.24) is 5.43 Å². The SMILES string of the molecule is CCc1ccccc1/C=C/c1c(Br)cccc1N(N)C(=O)NN. The van der Waals surface area contributed by atoms with Crippen molar-refractivity contribution in [3.8, 4) is 0 Å². The number of carbonyl (C=O) groups is 1. The molecule has 0 bridgehead atoms. The highest BCUT2D eigenvalue weighted by Crippen LogP contribution is 2.29. The van der Waals surface area contributed by atoms with Crippen LogP contribution >= 0.6 is 15.9 Å². The first-order valence-corrected chi connectivity index (χ1v) is 7.97. The highest BCUT2D eigenvalue weighted by atomic mass is 79.9. The Kier molecular flexibility index (Phi) is 5.92. The number of hydrogen-bond donors (Lipinski definition) is 3. The Morgan fingerprint density at radius 3 is 2.65 bits per heavy atom. The van der Waals surface area contributed by atoms with E-state index in [9.17, 15) is 4.79 Å². The molecule has 0 spiro atoms. The van der Waals surface area contributed by atoms with Crippen LogP contribution in [0.5, 0.6) is 0 Å². The predicted octanol–water partition coefficient (Wildman–Crippen LogP) is 3.45. The molecule has 23 heavy (non-hydrogen) atoms. The molecule has 0 saturated carbocycles. The molecular weight excluding hydrogens is 356 g/mol. The number of urea groups is 1. The van der Waals surface area contributed by atoms with E-state index >= 15 is 0 Å². The second-order valence-corrected chi connectivity index (χ2v) is 5.73. The van der Waals surface area contributed by atoms with Crippen molar-refractivity contribution < 1.29 is 4.79 Å². The molecule has 0 radical (unpaired) electrons. The molecule has 2 aromatic rings. The average Bonchev–Trinajstić information content (AvgIpc) is 2.59. The van der Waals surface area contributed by atoms with Crippen LogP contribution in [-0.4, -0.2) is 6.03 Å². The smallest absolute Gasteiger partial charge is 0.274 e. The van der Waals surface area contributed by atoms with E-state index in [1.54, 1.807) is 12.1 Å². The first-order chi connectivity index (χ1) is 11.1. The topological polar surface area (TPSA) is 84.4 Å². The summed E-state index contributed by atoms with van der Waals surface area (Å²) in [5, 5.41) is 0.982. The van der Waals surface area contributed by atoms with Gasteiger partial charge in [0.25, 0.3) is 0 Å². The van der Waals surface area contributed by atoms with E-state index < -0.39 is 6.03 Å². The van der Waals surface area contributed by atoms with Crippen molar-refractivity contribution in [3.05, 3.63) is 63.6 Å². The van der Waals surface area contributed by atoms with Crippen LogP contribution < -0.4 is 22.1 Å². The zero-order valence-electron chi connectivity index (χ0n) is 12.8. The Balaban J connectivity index is 2.43. The minimum Gasteiger partial charge on any atom is -0.274 e. The van der Waals surface area contributed by atoms with E-state index in [0.29, 0.717) is 5.69 Å². The fourth-order valence-corrected chi connectivity index (χ4v) is 2.76. The second-order valence-electron chi connectivity index (χ2n) is 4.88. The number of hydrazine groups is 2. The molecular formula is C17H19BrN4O. The van der Waals surface area contributed by atoms with E-state index in [1.807, 2.05) is 35.8 Å². The molecule has 0 aliphatic heterocycles. The molecule has 0 aliphatic carbocycles. The molecule has 2 aromatic carbocycles. The summed E-state index contributed by atoms with van der Waals surface area (Å²) in [7, 11) is 0. The van der Waals surface area contributed by atoms with Gasteiger partial charge in [-0.2, -0.15) is 0 Å². The van der Waals surface area contributed by atoms with Crippen molar-refractivity contribution in [2.24, 2.45) is 11.7 Å². The van der Waals surface area contributed by atoms with Crippen molar-refractivity contribution in [3.63, 3.8) is 0 Å². The number of rotatable bonds is 4. The maximum absolute atomic E-state index is 11.7. The fraction of sp³-hybridized carbons (Fsp3) is 0.118. The highest BCUT2D eigenvalue weighted by Gasteiger charge is 2.14. The molecule has 0 aliphatic rings. The molecule has 0 unspecified atom stereocenters. The van der Waals surface area contributed by atoms with Crippen LogP contribution in [0.3, 0.4) is 0 Å². The normalized spacial score (nSPS) is 10.8. The van der Waals surface area contributed by atoms with Gasteiger partial charge in [-0.15, -0.1) is 0 Å². The maximum Gasteiger partial charge on any atom is 0.350 e. The number of amides is 2. The van der Waals surface area contributed by atoms with Gasteiger partial charge in [0, 0.05) is 10.0 Å². The van der Waals surface area contributed by atoms with Crippen LogP contribution in [0.2, 0.25) is 0 Å². The Bertz CT molecular complexity index is 730. The molecule has 6 heteroatoms. The number of anilines is 1. The first-order valence-electron chi connectivity index (χ1n) is 7.18. The van der Waals surface area contributed by atoms with E-state index in [2.05, 4.69) is 35.0 Å². The monoisotopic (exact) mass is 374 g/mol. The van der Waals surface area contributed by atoms with Crippen molar-refractivity contribution in [2.75, 3.05) is 5.01 Å². The molecule has 2 amide bonds. The fourth-order valence-electron chi connectivity index (χ4n) is 2.27. The van der Waals surface area contributed by atoms with Crippen LogP contribution in [0.1, 0.15) is 23.6 Å². The van der Waals surface area contributed by atoms with Gasteiger partial charge < -0.3 is 0 Å². The largest absolute Gasteiger partial charge is 0.350 e. The minimum atomic E-state index is -0.591. The summed E-state index contributed by atoms with van der Waals surface area (Å²) >= 11 is 3.50. The molecule has 120 valence electrons.